The second kappa shape index (κ2) is 12.5. The van der Waals surface area contributed by atoms with Crippen LogP contribution in [0.3, 0.4) is 0 Å². The highest BCUT2D eigenvalue weighted by atomic mass is 35.5. The van der Waals surface area contributed by atoms with Gasteiger partial charge in [-0.15, -0.1) is 23.2 Å². The summed E-state index contributed by atoms with van der Waals surface area (Å²) in [6.07, 6.45) is -11.0. The third kappa shape index (κ3) is 5.25. The van der Waals surface area contributed by atoms with Crippen LogP contribution in [-0.2, 0) is 31.5 Å². The van der Waals surface area contributed by atoms with Gasteiger partial charge in [-0.2, -0.15) is 26.3 Å². The SMILES string of the molecule is COc1cc(C2C3=CCC4C(=O)N(c5cc(C(F)(F)F)cc(C(F)(F)F)c5)C(=O)C4C3CC3(Cl)C(=O)N(c4c(F)c(F)c(F)c(F)c4F)C(=O)C23Cl)ccc1O. The number of nitrogens with zero attached hydrogens (tertiary/aromatic N) is 2. The van der Waals surface area contributed by atoms with Gasteiger partial charge < -0.3 is 9.84 Å². The average molecular weight is 843 g/mol. The van der Waals surface area contributed by atoms with E-state index in [-0.39, 0.29) is 40.0 Å². The fourth-order valence-corrected chi connectivity index (χ4v) is 9.07. The molecule has 0 bridgehead atoms. The van der Waals surface area contributed by atoms with Gasteiger partial charge in [0.05, 0.1) is 35.8 Å². The summed E-state index contributed by atoms with van der Waals surface area (Å²) < 4.78 is 161. The maximum atomic E-state index is 15.2. The minimum atomic E-state index is -5.38. The zero-order valence-corrected chi connectivity index (χ0v) is 29.1. The van der Waals surface area contributed by atoms with Crippen LogP contribution in [0.2, 0.25) is 0 Å². The van der Waals surface area contributed by atoms with E-state index in [1.807, 2.05) is 0 Å². The Bertz CT molecular complexity index is 2270. The number of amides is 4. The van der Waals surface area contributed by atoms with Crippen LogP contribution in [0.25, 0.3) is 0 Å². The number of phenols is 1. The molecule has 4 amide bonds. The number of methoxy groups -OCH3 is 1. The van der Waals surface area contributed by atoms with E-state index < -0.39 is 144 Å². The van der Waals surface area contributed by atoms with Crippen LogP contribution in [0.1, 0.15) is 35.4 Å². The Morgan fingerprint density at radius 1 is 0.750 bits per heavy atom. The van der Waals surface area contributed by atoms with E-state index in [9.17, 15) is 63.8 Å². The van der Waals surface area contributed by atoms with Gasteiger partial charge in [-0.1, -0.05) is 17.7 Å². The van der Waals surface area contributed by atoms with Crippen LogP contribution in [-0.4, -0.2) is 45.6 Å². The molecule has 2 saturated heterocycles. The van der Waals surface area contributed by atoms with Crippen molar-refractivity contribution in [2.75, 3.05) is 16.9 Å². The summed E-state index contributed by atoms with van der Waals surface area (Å²) in [7, 11) is 1.10. The maximum Gasteiger partial charge on any atom is 0.416 e. The van der Waals surface area contributed by atoms with Crippen LogP contribution in [0.15, 0.2) is 48.0 Å². The van der Waals surface area contributed by atoms with E-state index in [2.05, 4.69) is 0 Å². The molecule has 4 aliphatic rings. The first-order valence-corrected chi connectivity index (χ1v) is 16.7. The molecule has 2 aliphatic heterocycles. The summed E-state index contributed by atoms with van der Waals surface area (Å²) in [6.45, 7) is 0. The predicted molar refractivity (Wildman–Crippen MR) is 170 cm³/mol. The summed E-state index contributed by atoms with van der Waals surface area (Å²) in [5.74, 6) is -26.7. The molecule has 0 spiro atoms. The smallest absolute Gasteiger partial charge is 0.416 e. The summed E-state index contributed by atoms with van der Waals surface area (Å²) in [5.41, 5.74) is -7.11. The molecule has 3 aromatic rings. The number of aromatic hydroxyl groups is 1. The van der Waals surface area contributed by atoms with Crippen molar-refractivity contribution < 1.29 is 77.3 Å². The lowest BCUT2D eigenvalue weighted by Crippen LogP contribution is -2.60. The molecule has 6 unspecified atom stereocenters. The predicted octanol–water partition coefficient (Wildman–Crippen LogP) is 7.90. The molecular formula is C35H19Cl2F11N2O6. The molecule has 2 heterocycles. The van der Waals surface area contributed by atoms with Crippen molar-refractivity contribution in [1.29, 1.82) is 0 Å². The van der Waals surface area contributed by atoms with Gasteiger partial charge in [0, 0.05) is 5.92 Å². The molecule has 0 radical (unpaired) electrons. The van der Waals surface area contributed by atoms with Gasteiger partial charge in [0.25, 0.3) is 11.8 Å². The molecule has 6 atom stereocenters. The number of rotatable bonds is 4. The van der Waals surface area contributed by atoms with E-state index >= 15 is 8.78 Å². The Balaban J connectivity index is 1.42. The fraction of sp³-hybridized carbons (Fsp3) is 0.314. The van der Waals surface area contributed by atoms with Crippen molar-refractivity contribution in [3.63, 3.8) is 0 Å². The third-order valence-electron chi connectivity index (χ3n) is 10.6. The van der Waals surface area contributed by atoms with E-state index in [4.69, 9.17) is 27.9 Å². The minimum absolute atomic E-state index is 0.0892. The average Bonchev–Trinajstić information content (AvgIpc) is 3.47. The summed E-state index contributed by atoms with van der Waals surface area (Å²) in [6, 6.07) is 3.28. The number of halogens is 13. The number of hydrogen-bond acceptors (Lipinski definition) is 6. The number of hydrogen-bond donors (Lipinski definition) is 1. The van der Waals surface area contributed by atoms with Gasteiger partial charge in [0.1, 0.15) is 5.69 Å². The minimum Gasteiger partial charge on any atom is -0.504 e. The van der Waals surface area contributed by atoms with Crippen molar-refractivity contribution in [1.82, 2.24) is 0 Å². The normalized spacial score (nSPS) is 27.7. The number of fused-ring (bicyclic) bond motifs is 4. The number of allylic oxidation sites excluding steroid dienone is 2. The quantitative estimate of drug-likeness (QED) is 0.0716. The number of benzene rings is 3. The lowest BCUT2D eigenvalue weighted by molar-refractivity contribution is -0.143. The Morgan fingerprint density at radius 2 is 1.30 bits per heavy atom. The van der Waals surface area contributed by atoms with Crippen LogP contribution in [0.4, 0.5) is 59.7 Å². The standard InChI is InChI=1S/C35H19Cl2F11N2O6/c1-56-19-6-11(2-5-18(19)51)21-15-3-4-16-20(29(53)49(28(16)52)14-8-12(34(43,44)45)7-13(9-14)35(46,47)48)17(15)10-32(36)30(54)50(31(55)33(21,32)37)27-25(41)23(39)22(38)24(40)26(27)42/h2-3,5-9,16-17,20-21,51H,4,10H2,1H3. The van der Waals surface area contributed by atoms with Crippen molar-refractivity contribution in [2.24, 2.45) is 17.8 Å². The first-order valence-electron chi connectivity index (χ1n) is 15.9. The topological polar surface area (TPSA) is 104 Å². The highest BCUT2D eigenvalue weighted by Crippen LogP contribution is 2.66. The number of anilines is 2. The molecule has 8 nitrogen and oxygen atoms in total. The van der Waals surface area contributed by atoms with Gasteiger partial charge in [-0.05, 0) is 54.7 Å². The van der Waals surface area contributed by atoms with Crippen LogP contribution >= 0.6 is 23.2 Å². The number of carbonyl (C=O) groups excluding carboxylic acids is 4. The zero-order valence-electron chi connectivity index (χ0n) is 27.6. The van der Waals surface area contributed by atoms with Crippen LogP contribution in [0, 0.1) is 46.8 Å². The van der Waals surface area contributed by atoms with E-state index in [1.165, 1.54) is 6.08 Å². The van der Waals surface area contributed by atoms with Crippen molar-refractivity contribution in [3.05, 3.63) is 93.8 Å². The van der Waals surface area contributed by atoms with Gasteiger partial charge in [-0.25, -0.2) is 31.8 Å². The molecule has 56 heavy (non-hydrogen) atoms. The molecule has 7 rings (SSSR count). The van der Waals surface area contributed by atoms with Crippen molar-refractivity contribution in [3.8, 4) is 11.5 Å². The number of alkyl halides is 8. The maximum absolute atomic E-state index is 15.2. The largest absolute Gasteiger partial charge is 0.504 e. The summed E-state index contributed by atoms with van der Waals surface area (Å²) in [5, 5.41) is 10.3. The first-order chi connectivity index (χ1) is 25.9. The van der Waals surface area contributed by atoms with Crippen LogP contribution in [0.5, 0.6) is 11.5 Å². The molecule has 2 aliphatic carbocycles. The Morgan fingerprint density at radius 3 is 1.84 bits per heavy atom. The lowest BCUT2D eigenvalue weighted by Gasteiger charge is -2.50. The van der Waals surface area contributed by atoms with Crippen molar-refractivity contribution >= 4 is 58.2 Å². The van der Waals surface area contributed by atoms with Crippen LogP contribution < -0.4 is 14.5 Å². The third-order valence-corrected chi connectivity index (χ3v) is 12.0. The van der Waals surface area contributed by atoms with E-state index in [0.717, 1.165) is 25.3 Å². The summed E-state index contributed by atoms with van der Waals surface area (Å²) >= 11 is 14.0. The molecule has 21 heteroatoms. The molecule has 1 saturated carbocycles. The lowest BCUT2D eigenvalue weighted by atomic mass is 9.56. The molecule has 3 aromatic carbocycles. The molecule has 296 valence electrons. The fourth-order valence-electron chi connectivity index (χ4n) is 8.14. The van der Waals surface area contributed by atoms with E-state index in [0.29, 0.717) is 0 Å². The Labute approximate surface area is 316 Å². The second-order valence-corrected chi connectivity index (χ2v) is 14.6. The molecule has 0 aromatic heterocycles. The number of ether oxygens (including phenoxy) is 1. The van der Waals surface area contributed by atoms with Gasteiger partial charge in [0.2, 0.25) is 17.6 Å². The zero-order chi connectivity index (χ0) is 41.4. The van der Waals surface area contributed by atoms with Crippen molar-refractivity contribution in [2.45, 2.75) is 40.9 Å². The highest BCUT2D eigenvalue weighted by molar-refractivity contribution is 6.58. The Kier molecular flexibility index (Phi) is 8.81. The first kappa shape index (κ1) is 39.3. The van der Waals surface area contributed by atoms with Gasteiger partial charge in [-0.3, -0.25) is 19.2 Å². The van der Waals surface area contributed by atoms with E-state index in [1.54, 1.807) is 0 Å². The number of imide groups is 2. The highest BCUT2D eigenvalue weighted by Gasteiger charge is 2.77. The molecular weight excluding hydrogens is 824 g/mol. The number of carbonyl (C=O) groups is 4. The Hall–Kier alpha value is -4.91. The second-order valence-electron chi connectivity index (χ2n) is 13.4. The molecule has 3 fully saturated rings. The van der Waals surface area contributed by atoms with Gasteiger partial charge >= 0.3 is 12.4 Å². The monoisotopic (exact) mass is 842 g/mol. The molecule has 1 N–H and O–H groups in total. The number of phenolic OH excluding ortho intramolecular Hbond substituents is 1. The summed E-state index contributed by atoms with van der Waals surface area (Å²) in [4.78, 5) is 50.4. The van der Waals surface area contributed by atoms with Gasteiger partial charge in [0.15, 0.2) is 44.5 Å².